The summed E-state index contributed by atoms with van der Waals surface area (Å²) in [5.74, 6) is -0.121. The molecular formula is C13H14IN3O. The van der Waals surface area contributed by atoms with Crippen LogP contribution < -0.4 is 5.32 Å². The number of nitrogens with one attached hydrogen (secondary N) is 2. The number of hydrogen-bond donors (Lipinski definition) is 2. The van der Waals surface area contributed by atoms with Gasteiger partial charge >= 0.3 is 0 Å². The third-order valence-electron chi connectivity index (χ3n) is 2.87. The van der Waals surface area contributed by atoms with Crippen LogP contribution in [0.25, 0.3) is 0 Å². The van der Waals surface area contributed by atoms with Crippen LogP contribution in [-0.2, 0) is 0 Å². The minimum Gasteiger partial charge on any atom is -0.322 e. The number of aromatic amines is 1. The Morgan fingerprint density at radius 2 is 2.06 bits per heavy atom. The normalized spacial score (nSPS) is 10.4. The molecule has 0 radical (unpaired) electrons. The molecule has 0 atom stereocenters. The van der Waals surface area contributed by atoms with Crippen LogP contribution in [0.4, 0.5) is 5.69 Å². The molecule has 0 aliphatic heterocycles. The van der Waals surface area contributed by atoms with E-state index in [9.17, 15) is 4.79 Å². The lowest BCUT2D eigenvalue weighted by molar-refractivity contribution is 0.102. The number of hydrogen-bond acceptors (Lipinski definition) is 2. The van der Waals surface area contributed by atoms with Crippen LogP contribution in [0.1, 0.15) is 27.3 Å². The van der Waals surface area contributed by atoms with Crippen LogP contribution in [-0.4, -0.2) is 16.1 Å². The van der Waals surface area contributed by atoms with E-state index in [1.165, 1.54) is 0 Å². The first-order valence-corrected chi connectivity index (χ1v) is 6.66. The minimum atomic E-state index is -0.121. The average Bonchev–Trinajstić information content (AvgIpc) is 2.65. The van der Waals surface area contributed by atoms with E-state index in [1.54, 1.807) is 0 Å². The van der Waals surface area contributed by atoms with Crippen molar-refractivity contribution in [1.82, 2.24) is 10.2 Å². The molecule has 2 rings (SSSR count). The SMILES string of the molecule is Cc1n[nH]c(C)c1C(=O)Nc1cccc(I)c1C. The molecule has 94 valence electrons. The monoisotopic (exact) mass is 355 g/mol. The van der Waals surface area contributed by atoms with E-state index in [0.717, 1.165) is 20.5 Å². The Morgan fingerprint density at radius 1 is 1.33 bits per heavy atom. The van der Waals surface area contributed by atoms with Crippen LogP contribution in [0.3, 0.4) is 0 Å². The van der Waals surface area contributed by atoms with Gasteiger partial charge in [-0.15, -0.1) is 0 Å². The lowest BCUT2D eigenvalue weighted by atomic mass is 10.1. The Labute approximate surface area is 119 Å². The van der Waals surface area contributed by atoms with Gasteiger partial charge in [-0.05, 0) is 61.1 Å². The fourth-order valence-electron chi connectivity index (χ4n) is 1.81. The number of anilines is 1. The summed E-state index contributed by atoms with van der Waals surface area (Å²) < 4.78 is 1.13. The molecular weight excluding hydrogens is 341 g/mol. The van der Waals surface area contributed by atoms with Crippen molar-refractivity contribution >= 4 is 34.2 Å². The summed E-state index contributed by atoms with van der Waals surface area (Å²) in [4.78, 5) is 12.2. The zero-order valence-corrected chi connectivity index (χ0v) is 12.6. The van der Waals surface area contributed by atoms with E-state index in [4.69, 9.17) is 0 Å². The maximum Gasteiger partial charge on any atom is 0.259 e. The van der Waals surface area contributed by atoms with E-state index in [2.05, 4.69) is 38.1 Å². The fourth-order valence-corrected chi connectivity index (χ4v) is 2.31. The number of benzene rings is 1. The van der Waals surface area contributed by atoms with Gasteiger partial charge in [0.05, 0.1) is 11.3 Å². The summed E-state index contributed by atoms with van der Waals surface area (Å²) in [7, 11) is 0. The number of aromatic nitrogens is 2. The number of amides is 1. The van der Waals surface area contributed by atoms with Gasteiger partial charge in [0.2, 0.25) is 0 Å². The molecule has 0 spiro atoms. The Hall–Kier alpha value is -1.37. The highest BCUT2D eigenvalue weighted by molar-refractivity contribution is 14.1. The second kappa shape index (κ2) is 5.09. The van der Waals surface area contributed by atoms with Crippen molar-refractivity contribution in [3.8, 4) is 0 Å². The molecule has 0 aliphatic rings. The summed E-state index contributed by atoms with van der Waals surface area (Å²) in [6, 6.07) is 5.85. The molecule has 18 heavy (non-hydrogen) atoms. The van der Waals surface area contributed by atoms with Gasteiger partial charge in [-0.2, -0.15) is 5.10 Å². The molecule has 0 bridgehead atoms. The lowest BCUT2D eigenvalue weighted by Crippen LogP contribution is -2.14. The molecule has 5 heteroatoms. The number of halogens is 1. The molecule has 1 aromatic heterocycles. The third kappa shape index (κ3) is 2.40. The number of carbonyl (C=O) groups excluding carboxylic acids is 1. The van der Waals surface area contributed by atoms with Gasteiger partial charge < -0.3 is 5.32 Å². The van der Waals surface area contributed by atoms with Gasteiger partial charge in [-0.1, -0.05) is 6.07 Å². The molecule has 0 saturated heterocycles. The second-order valence-electron chi connectivity index (χ2n) is 4.18. The first kappa shape index (κ1) is 13.1. The Balaban J connectivity index is 2.30. The van der Waals surface area contributed by atoms with Gasteiger partial charge in [0, 0.05) is 15.0 Å². The van der Waals surface area contributed by atoms with Gasteiger partial charge in [-0.3, -0.25) is 9.89 Å². The minimum absolute atomic E-state index is 0.121. The zero-order chi connectivity index (χ0) is 13.3. The van der Waals surface area contributed by atoms with Crippen LogP contribution in [0.15, 0.2) is 18.2 Å². The van der Waals surface area contributed by atoms with Gasteiger partial charge in [-0.25, -0.2) is 0 Å². The summed E-state index contributed by atoms with van der Waals surface area (Å²) in [5, 5.41) is 9.78. The van der Waals surface area contributed by atoms with Crippen molar-refractivity contribution in [3.63, 3.8) is 0 Å². The van der Waals surface area contributed by atoms with E-state index < -0.39 is 0 Å². The molecule has 1 amide bonds. The topological polar surface area (TPSA) is 57.8 Å². The molecule has 0 unspecified atom stereocenters. The average molecular weight is 355 g/mol. The molecule has 0 saturated carbocycles. The maximum absolute atomic E-state index is 12.2. The summed E-state index contributed by atoms with van der Waals surface area (Å²) >= 11 is 2.25. The molecule has 1 aromatic carbocycles. The summed E-state index contributed by atoms with van der Waals surface area (Å²) in [6.07, 6.45) is 0. The Bertz CT molecular complexity index is 585. The van der Waals surface area contributed by atoms with E-state index in [0.29, 0.717) is 11.3 Å². The molecule has 0 fully saturated rings. The van der Waals surface area contributed by atoms with E-state index >= 15 is 0 Å². The van der Waals surface area contributed by atoms with Gasteiger partial charge in [0.1, 0.15) is 0 Å². The number of carbonyl (C=O) groups is 1. The fraction of sp³-hybridized carbons (Fsp3) is 0.231. The van der Waals surface area contributed by atoms with Crippen molar-refractivity contribution in [3.05, 3.63) is 44.3 Å². The molecule has 2 aromatic rings. The number of nitrogens with zero attached hydrogens (tertiary/aromatic N) is 1. The van der Waals surface area contributed by atoms with Crippen molar-refractivity contribution in [1.29, 1.82) is 0 Å². The van der Waals surface area contributed by atoms with Gasteiger partial charge in [0.25, 0.3) is 5.91 Å². The smallest absolute Gasteiger partial charge is 0.259 e. The predicted molar refractivity (Wildman–Crippen MR) is 79.9 cm³/mol. The van der Waals surface area contributed by atoms with Crippen LogP contribution in [0.5, 0.6) is 0 Å². The third-order valence-corrected chi connectivity index (χ3v) is 4.04. The van der Waals surface area contributed by atoms with E-state index in [1.807, 2.05) is 39.0 Å². The molecule has 0 aliphatic carbocycles. The Morgan fingerprint density at radius 3 is 2.67 bits per heavy atom. The van der Waals surface area contributed by atoms with E-state index in [-0.39, 0.29) is 5.91 Å². The standard InChI is InChI=1S/C13H14IN3O/c1-7-10(14)5-4-6-11(7)15-13(18)12-8(2)16-17-9(12)3/h4-6H,1-3H3,(H,15,18)(H,16,17). The number of H-pyrrole nitrogens is 1. The maximum atomic E-state index is 12.2. The van der Waals surface area contributed by atoms with Crippen molar-refractivity contribution in [2.45, 2.75) is 20.8 Å². The number of rotatable bonds is 2. The Kier molecular flexibility index (Phi) is 3.70. The van der Waals surface area contributed by atoms with Crippen molar-refractivity contribution in [2.75, 3.05) is 5.32 Å². The van der Waals surface area contributed by atoms with Crippen LogP contribution in [0, 0.1) is 24.3 Å². The van der Waals surface area contributed by atoms with Crippen LogP contribution >= 0.6 is 22.6 Å². The first-order chi connectivity index (χ1) is 8.50. The highest BCUT2D eigenvalue weighted by Gasteiger charge is 2.16. The zero-order valence-electron chi connectivity index (χ0n) is 10.5. The van der Waals surface area contributed by atoms with Gasteiger partial charge in [0.15, 0.2) is 0 Å². The van der Waals surface area contributed by atoms with Crippen LogP contribution in [0.2, 0.25) is 0 Å². The molecule has 4 nitrogen and oxygen atoms in total. The van der Waals surface area contributed by atoms with Crippen molar-refractivity contribution < 1.29 is 4.79 Å². The van der Waals surface area contributed by atoms with Crippen molar-refractivity contribution in [2.24, 2.45) is 0 Å². The predicted octanol–water partition coefficient (Wildman–Crippen LogP) is 3.19. The summed E-state index contributed by atoms with van der Waals surface area (Å²) in [5.41, 5.74) is 4.03. The number of aryl methyl sites for hydroxylation is 2. The second-order valence-corrected chi connectivity index (χ2v) is 5.34. The summed E-state index contributed by atoms with van der Waals surface area (Å²) in [6.45, 7) is 5.66. The highest BCUT2D eigenvalue weighted by atomic mass is 127. The highest BCUT2D eigenvalue weighted by Crippen LogP contribution is 2.21. The largest absolute Gasteiger partial charge is 0.322 e. The lowest BCUT2D eigenvalue weighted by Gasteiger charge is -2.09. The molecule has 2 N–H and O–H groups in total. The first-order valence-electron chi connectivity index (χ1n) is 5.58. The molecule has 1 heterocycles. The quantitative estimate of drug-likeness (QED) is 0.813.